The largest absolute Gasteiger partial charge is 0.377 e. The van der Waals surface area contributed by atoms with Gasteiger partial charge in [0.1, 0.15) is 0 Å². The molecule has 2 aliphatic heterocycles. The van der Waals surface area contributed by atoms with Gasteiger partial charge < -0.3 is 20.4 Å². The molecule has 2 N–H and O–H groups in total. The molecule has 1 aromatic carbocycles. The molecule has 31 heavy (non-hydrogen) atoms. The zero-order chi connectivity index (χ0) is 21.2. The van der Waals surface area contributed by atoms with E-state index in [4.69, 9.17) is 21.7 Å². The third-order valence-corrected chi connectivity index (χ3v) is 8.14. The average Bonchev–Trinajstić information content (AvgIpc) is 3.13. The van der Waals surface area contributed by atoms with Crippen LogP contribution >= 0.6 is 11.6 Å². The molecule has 7 rings (SSSR count). The number of halogens is 1. The first-order valence-electron chi connectivity index (χ1n) is 11.2. The zero-order valence-electron chi connectivity index (χ0n) is 17.9. The summed E-state index contributed by atoms with van der Waals surface area (Å²) in [5.74, 6) is 0.920. The summed E-state index contributed by atoms with van der Waals surface area (Å²) in [4.78, 5) is 4.89. The van der Waals surface area contributed by atoms with E-state index in [-0.39, 0.29) is 11.1 Å². The van der Waals surface area contributed by atoms with Crippen LogP contribution in [0.15, 0.2) is 24.5 Å². The molecule has 0 amide bonds. The Kier molecular flexibility index (Phi) is 4.39. The fourth-order valence-electron chi connectivity index (χ4n) is 5.63. The number of anilines is 3. The Morgan fingerprint density at radius 3 is 2.52 bits per heavy atom. The minimum atomic E-state index is 0.188. The zero-order valence-corrected chi connectivity index (χ0v) is 18.7. The average molecular weight is 441 g/mol. The lowest BCUT2D eigenvalue weighted by Crippen LogP contribution is -2.64. The second-order valence-corrected chi connectivity index (χ2v) is 10.4. The van der Waals surface area contributed by atoms with Gasteiger partial charge in [-0.3, -0.25) is 9.58 Å². The van der Waals surface area contributed by atoms with Crippen LogP contribution in [0.2, 0.25) is 5.02 Å². The number of piperazine rings is 1. The lowest BCUT2D eigenvalue weighted by Gasteiger charge is -2.61. The Balaban J connectivity index is 1.20. The van der Waals surface area contributed by atoms with Crippen molar-refractivity contribution in [2.45, 2.75) is 37.3 Å². The number of benzene rings is 1. The molecular weight excluding hydrogens is 412 g/mol. The number of nitrogens with zero attached hydrogens (tertiary/aromatic N) is 4. The van der Waals surface area contributed by atoms with Gasteiger partial charge in [0.15, 0.2) is 0 Å². The number of nitrogens with one attached hydrogen (secondary N) is 2. The molecule has 0 atom stereocenters. The molecule has 0 unspecified atom stereocenters. The van der Waals surface area contributed by atoms with Crippen molar-refractivity contribution >= 4 is 34.9 Å². The van der Waals surface area contributed by atoms with Crippen molar-refractivity contribution < 1.29 is 4.74 Å². The molecule has 3 heterocycles. The Bertz CT molecular complexity index is 1010. The third-order valence-electron chi connectivity index (χ3n) is 7.84. The highest BCUT2D eigenvalue weighted by molar-refractivity contribution is 6.33. The highest BCUT2D eigenvalue weighted by atomic mass is 35.5. The fourth-order valence-corrected chi connectivity index (χ4v) is 5.92. The second kappa shape index (κ2) is 6.95. The highest BCUT2D eigenvalue weighted by Crippen LogP contribution is 2.62. The van der Waals surface area contributed by atoms with E-state index >= 15 is 0 Å². The maximum absolute atomic E-state index is 7.86. The molecule has 5 aliphatic rings. The fraction of sp³-hybridized carbons (Fsp3) is 0.565. The molecule has 0 radical (unpaired) electrons. The van der Waals surface area contributed by atoms with Crippen LogP contribution in [0.4, 0.5) is 17.1 Å². The van der Waals surface area contributed by atoms with Gasteiger partial charge >= 0.3 is 0 Å². The summed E-state index contributed by atoms with van der Waals surface area (Å²) in [5.41, 5.74) is 4.13. The van der Waals surface area contributed by atoms with Gasteiger partial charge in [-0.15, -0.1) is 0 Å². The summed E-state index contributed by atoms with van der Waals surface area (Å²) >= 11 is 6.65. The van der Waals surface area contributed by atoms with Gasteiger partial charge in [0, 0.05) is 49.8 Å². The SMILES string of the molecule is CC1(N2CCN(c3cc(Nc4cnn(C56CC(C5)C6)c4)c(C=N)cc3Cl)CC2)COC1. The van der Waals surface area contributed by atoms with E-state index in [1.165, 1.54) is 25.5 Å². The molecule has 2 bridgehead atoms. The van der Waals surface area contributed by atoms with Gasteiger partial charge in [0.05, 0.1) is 46.9 Å². The van der Waals surface area contributed by atoms with Crippen molar-refractivity contribution in [2.75, 3.05) is 49.6 Å². The Hall–Kier alpha value is -2.09. The molecule has 8 heteroatoms. The number of ether oxygens (including phenoxy) is 1. The van der Waals surface area contributed by atoms with E-state index in [0.29, 0.717) is 5.02 Å². The van der Waals surface area contributed by atoms with Crippen molar-refractivity contribution in [3.05, 3.63) is 35.1 Å². The molecule has 3 saturated carbocycles. The molecule has 5 fully saturated rings. The van der Waals surface area contributed by atoms with Crippen LogP contribution in [0.5, 0.6) is 0 Å². The van der Waals surface area contributed by atoms with E-state index in [2.05, 4.69) is 44.1 Å². The van der Waals surface area contributed by atoms with Crippen molar-refractivity contribution in [1.82, 2.24) is 14.7 Å². The second-order valence-electron chi connectivity index (χ2n) is 10.0. The van der Waals surface area contributed by atoms with Crippen LogP contribution in [-0.2, 0) is 10.3 Å². The smallest absolute Gasteiger partial charge is 0.0770 e. The number of rotatable bonds is 6. The molecule has 2 saturated heterocycles. The molecule has 0 spiro atoms. The van der Waals surface area contributed by atoms with Crippen LogP contribution in [0, 0.1) is 11.3 Å². The number of hydrogen-bond donors (Lipinski definition) is 2. The molecular formula is C23H29ClN6O. The third kappa shape index (κ3) is 3.09. The van der Waals surface area contributed by atoms with Gasteiger partial charge in [-0.05, 0) is 44.2 Å². The van der Waals surface area contributed by atoms with E-state index in [9.17, 15) is 0 Å². The number of aromatic nitrogens is 2. The van der Waals surface area contributed by atoms with Gasteiger partial charge in [-0.2, -0.15) is 5.10 Å². The predicted octanol–water partition coefficient (Wildman–Crippen LogP) is 3.70. The minimum absolute atomic E-state index is 0.188. The van der Waals surface area contributed by atoms with Crippen molar-refractivity contribution in [2.24, 2.45) is 5.92 Å². The molecule has 3 aliphatic carbocycles. The van der Waals surface area contributed by atoms with Crippen LogP contribution in [0.1, 0.15) is 31.7 Å². The maximum Gasteiger partial charge on any atom is 0.0770 e. The monoisotopic (exact) mass is 440 g/mol. The van der Waals surface area contributed by atoms with Crippen LogP contribution in [0.25, 0.3) is 0 Å². The normalized spacial score (nSPS) is 29.0. The van der Waals surface area contributed by atoms with Gasteiger partial charge in [-0.1, -0.05) is 11.6 Å². The van der Waals surface area contributed by atoms with E-state index < -0.39 is 0 Å². The molecule has 2 aromatic rings. The van der Waals surface area contributed by atoms with E-state index in [1.807, 2.05) is 12.3 Å². The summed E-state index contributed by atoms with van der Waals surface area (Å²) in [6, 6.07) is 3.98. The summed E-state index contributed by atoms with van der Waals surface area (Å²) in [5, 5.41) is 16.7. The summed E-state index contributed by atoms with van der Waals surface area (Å²) in [6.45, 7) is 7.80. The van der Waals surface area contributed by atoms with Gasteiger partial charge in [-0.25, -0.2) is 0 Å². The quantitative estimate of drug-likeness (QED) is 0.670. The minimum Gasteiger partial charge on any atom is -0.377 e. The van der Waals surface area contributed by atoms with Crippen LogP contribution in [0.3, 0.4) is 0 Å². The van der Waals surface area contributed by atoms with Gasteiger partial charge in [0.2, 0.25) is 0 Å². The lowest BCUT2D eigenvalue weighted by atomic mass is 9.50. The topological polar surface area (TPSA) is 69.4 Å². The van der Waals surface area contributed by atoms with Crippen molar-refractivity contribution in [3.63, 3.8) is 0 Å². The Morgan fingerprint density at radius 1 is 1.19 bits per heavy atom. The first-order chi connectivity index (χ1) is 15.0. The van der Waals surface area contributed by atoms with Crippen molar-refractivity contribution in [1.29, 1.82) is 5.41 Å². The molecule has 1 aromatic heterocycles. The van der Waals surface area contributed by atoms with Crippen LogP contribution < -0.4 is 10.2 Å². The first-order valence-corrected chi connectivity index (χ1v) is 11.6. The molecule has 7 nitrogen and oxygen atoms in total. The summed E-state index contributed by atoms with van der Waals surface area (Å²) in [6.07, 6.45) is 9.16. The molecule has 164 valence electrons. The van der Waals surface area contributed by atoms with Crippen molar-refractivity contribution in [3.8, 4) is 0 Å². The van der Waals surface area contributed by atoms with E-state index in [1.54, 1.807) is 0 Å². The highest BCUT2D eigenvalue weighted by Gasteiger charge is 2.58. The lowest BCUT2D eigenvalue weighted by molar-refractivity contribution is -0.131. The number of hydrogen-bond acceptors (Lipinski definition) is 6. The van der Waals surface area contributed by atoms with E-state index in [0.717, 1.165) is 67.9 Å². The Labute approximate surface area is 187 Å². The summed E-state index contributed by atoms with van der Waals surface area (Å²) < 4.78 is 7.58. The summed E-state index contributed by atoms with van der Waals surface area (Å²) in [7, 11) is 0. The van der Waals surface area contributed by atoms with Gasteiger partial charge in [0.25, 0.3) is 0 Å². The standard InChI is InChI=1S/C23H29ClN6O/c1-22(14-31-15-22)29-4-2-28(3-5-29)21-7-20(17(11-25)6-19(21)24)27-18-12-26-30(13-18)23-8-16(9-23)10-23/h6-7,11-13,16,25,27H,2-5,8-10,14-15H2,1H3. The maximum atomic E-state index is 7.86. The first kappa shape index (κ1) is 19.6. The van der Waals surface area contributed by atoms with Crippen LogP contribution in [-0.4, -0.2) is 65.8 Å². The predicted molar refractivity (Wildman–Crippen MR) is 123 cm³/mol. The Morgan fingerprint density at radius 2 is 1.94 bits per heavy atom.